The fourth-order valence-corrected chi connectivity index (χ4v) is 2.39. The van der Waals surface area contributed by atoms with Crippen LogP contribution in [0.2, 0.25) is 5.02 Å². The number of hydrogen-bond acceptors (Lipinski definition) is 3. The third-order valence-electron chi connectivity index (χ3n) is 3.17. The molecule has 96 valence electrons. The van der Waals surface area contributed by atoms with Crippen LogP contribution in [0.1, 0.15) is 5.56 Å². The number of hydrogen-bond donors (Lipinski definition) is 1. The van der Waals surface area contributed by atoms with Crippen LogP contribution in [0.15, 0.2) is 48.5 Å². The molecule has 0 saturated heterocycles. The van der Waals surface area contributed by atoms with Crippen LogP contribution >= 0.6 is 11.6 Å². The van der Waals surface area contributed by atoms with Crippen molar-refractivity contribution in [3.8, 4) is 17.2 Å². The molecule has 1 aromatic heterocycles. The summed E-state index contributed by atoms with van der Waals surface area (Å²) >= 11 is 5.92. The Balaban J connectivity index is 2.43. The van der Waals surface area contributed by atoms with Gasteiger partial charge in [-0.3, -0.25) is 0 Å². The Kier molecular flexibility index (Phi) is 3.02. The highest BCUT2D eigenvalue weighted by Crippen LogP contribution is 2.34. The number of fused-ring (bicyclic) bond motifs is 1. The summed E-state index contributed by atoms with van der Waals surface area (Å²) in [5, 5.41) is 10.9. The van der Waals surface area contributed by atoms with Gasteiger partial charge in [0.2, 0.25) is 0 Å². The number of pyridine rings is 1. The SMILES string of the molecule is N#Cc1c(N)nc2ccccc2c1-c1ccc(Cl)cc1. The van der Waals surface area contributed by atoms with Crippen LogP contribution in [0.25, 0.3) is 22.0 Å². The highest BCUT2D eigenvalue weighted by atomic mass is 35.5. The summed E-state index contributed by atoms with van der Waals surface area (Å²) < 4.78 is 0. The smallest absolute Gasteiger partial charge is 0.142 e. The molecule has 3 nitrogen and oxygen atoms in total. The second-order valence-corrected chi connectivity index (χ2v) is 4.82. The van der Waals surface area contributed by atoms with Gasteiger partial charge in [-0.1, -0.05) is 41.9 Å². The van der Waals surface area contributed by atoms with Crippen molar-refractivity contribution in [1.29, 1.82) is 5.26 Å². The Labute approximate surface area is 121 Å². The van der Waals surface area contributed by atoms with Gasteiger partial charge in [0.25, 0.3) is 0 Å². The van der Waals surface area contributed by atoms with E-state index in [1.54, 1.807) is 12.1 Å². The van der Waals surface area contributed by atoms with Crippen LogP contribution < -0.4 is 5.73 Å². The summed E-state index contributed by atoms with van der Waals surface area (Å²) in [4.78, 5) is 4.28. The van der Waals surface area contributed by atoms with Gasteiger partial charge in [0.05, 0.1) is 5.52 Å². The minimum absolute atomic E-state index is 0.246. The summed E-state index contributed by atoms with van der Waals surface area (Å²) in [5.41, 5.74) is 8.77. The van der Waals surface area contributed by atoms with Gasteiger partial charge >= 0.3 is 0 Å². The molecule has 2 aromatic carbocycles. The van der Waals surface area contributed by atoms with E-state index in [0.29, 0.717) is 10.6 Å². The first-order valence-corrected chi connectivity index (χ1v) is 6.43. The van der Waals surface area contributed by atoms with Crippen LogP contribution in [0, 0.1) is 11.3 Å². The summed E-state index contributed by atoms with van der Waals surface area (Å²) in [5.74, 6) is 0.246. The van der Waals surface area contributed by atoms with Gasteiger partial charge in [0.15, 0.2) is 0 Å². The fourth-order valence-electron chi connectivity index (χ4n) is 2.26. The number of anilines is 1. The molecule has 0 fully saturated rings. The van der Waals surface area contributed by atoms with Crippen molar-refractivity contribution in [3.63, 3.8) is 0 Å². The Morgan fingerprint density at radius 1 is 1.05 bits per heavy atom. The number of nitriles is 1. The molecule has 1 heterocycles. The molecule has 0 atom stereocenters. The lowest BCUT2D eigenvalue weighted by Crippen LogP contribution is -1.99. The van der Waals surface area contributed by atoms with E-state index in [0.717, 1.165) is 22.0 Å². The number of nitrogens with zero attached hydrogens (tertiary/aromatic N) is 2. The molecule has 4 heteroatoms. The van der Waals surface area contributed by atoms with E-state index in [1.165, 1.54) is 0 Å². The third kappa shape index (κ3) is 1.97. The molecule has 0 radical (unpaired) electrons. The predicted molar refractivity (Wildman–Crippen MR) is 81.3 cm³/mol. The van der Waals surface area contributed by atoms with E-state index in [4.69, 9.17) is 17.3 Å². The Morgan fingerprint density at radius 3 is 2.45 bits per heavy atom. The van der Waals surface area contributed by atoms with Gasteiger partial charge in [-0.2, -0.15) is 5.26 Å². The summed E-state index contributed by atoms with van der Waals surface area (Å²) in [6.45, 7) is 0. The van der Waals surface area contributed by atoms with Gasteiger partial charge in [-0.25, -0.2) is 4.98 Å². The molecule has 3 aromatic rings. The van der Waals surface area contributed by atoms with E-state index in [2.05, 4.69) is 11.1 Å². The second kappa shape index (κ2) is 4.84. The number of halogens is 1. The number of aromatic nitrogens is 1. The molecule has 0 aliphatic rings. The highest BCUT2D eigenvalue weighted by molar-refractivity contribution is 6.30. The molecule has 0 spiro atoms. The van der Waals surface area contributed by atoms with Crippen LogP contribution in [-0.4, -0.2) is 4.98 Å². The van der Waals surface area contributed by atoms with Crippen molar-refractivity contribution in [2.45, 2.75) is 0 Å². The number of nitrogen functional groups attached to an aromatic ring is 1. The van der Waals surface area contributed by atoms with E-state index in [1.807, 2.05) is 36.4 Å². The average Bonchev–Trinajstić information content (AvgIpc) is 2.47. The van der Waals surface area contributed by atoms with E-state index >= 15 is 0 Å². The van der Waals surface area contributed by atoms with Crippen LogP contribution in [-0.2, 0) is 0 Å². The molecule has 2 N–H and O–H groups in total. The molecule has 0 unspecified atom stereocenters. The van der Waals surface area contributed by atoms with Crippen LogP contribution in [0.4, 0.5) is 5.82 Å². The maximum Gasteiger partial charge on any atom is 0.142 e. The zero-order chi connectivity index (χ0) is 14.1. The summed E-state index contributed by atoms with van der Waals surface area (Å²) in [7, 11) is 0. The molecule has 0 aliphatic heterocycles. The number of rotatable bonds is 1. The van der Waals surface area contributed by atoms with Gasteiger partial charge in [0.1, 0.15) is 17.5 Å². The van der Waals surface area contributed by atoms with Crippen molar-refractivity contribution < 1.29 is 0 Å². The quantitative estimate of drug-likeness (QED) is 0.732. The zero-order valence-electron chi connectivity index (χ0n) is 10.5. The van der Waals surface area contributed by atoms with E-state index in [-0.39, 0.29) is 5.82 Å². The molecule has 20 heavy (non-hydrogen) atoms. The van der Waals surface area contributed by atoms with Crippen LogP contribution in [0.5, 0.6) is 0 Å². The van der Waals surface area contributed by atoms with Gasteiger partial charge in [0, 0.05) is 16.0 Å². The fraction of sp³-hybridized carbons (Fsp3) is 0. The average molecular weight is 280 g/mol. The van der Waals surface area contributed by atoms with Crippen molar-refractivity contribution in [3.05, 3.63) is 59.1 Å². The lowest BCUT2D eigenvalue weighted by molar-refractivity contribution is 1.37. The lowest BCUT2D eigenvalue weighted by atomic mass is 9.96. The Hall–Kier alpha value is -2.57. The molecule has 0 bridgehead atoms. The minimum Gasteiger partial charge on any atom is -0.383 e. The van der Waals surface area contributed by atoms with E-state index < -0.39 is 0 Å². The lowest BCUT2D eigenvalue weighted by Gasteiger charge is -2.11. The van der Waals surface area contributed by atoms with Gasteiger partial charge < -0.3 is 5.73 Å². The largest absolute Gasteiger partial charge is 0.383 e. The first-order chi connectivity index (χ1) is 9.70. The normalized spacial score (nSPS) is 10.4. The van der Waals surface area contributed by atoms with E-state index in [9.17, 15) is 5.26 Å². The van der Waals surface area contributed by atoms with Gasteiger partial charge in [-0.15, -0.1) is 0 Å². The molecular weight excluding hydrogens is 270 g/mol. The predicted octanol–water partition coefficient (Wildman–Crippen LogP) is 4.01. The first kappa shape index (κ1) is 12.5. The topological polar surface area (TPSA) is 62.7 Å². The Morgan fingerprint density at radius 2 is 1.75 bits per heavy atom. The molecular formula is C16H10ClN3. The first-order valence-electron chi connectivity index (χ1n) is 6.05. The van der Waals surface area contributed by atoms with Crippen LogP contribution in [0.3, 0.4) is 0 Å². The second-order valence-electron chi connectivity index (χ2n) is 4.38. The molecule has 0 amide bonds. The van der Waals surface area contributed by atoms with Crippen molar-refractivity contribution in [1.82, 2.24) is 4.98 Å². The Bertz CT molecular complexity index is 833. The molecule has 3 rings (SSSR count). The highest BCUT2D eigenvalue weighted by Gasteiger charge is 2.14. The number of nitrogens with two attached hydrogens (primary N) is 1. The summed E-state index contributed by atoms with van der Waals surface area (Å²) in [6, 6.07) is 17.1. The summed E-state index contributed by atoms with van der Waals surface area (Å²) in [6.07, 6.45) is 0. The zero-order valence-corrected chi connectivity index (χ0v) is 11.2. The maximum atomic E-state index is 9.38. The van der Waals surface area contributed by atoms with Crippen molar-refractivity contribution >= 4 is 28.3 Å². The number of benzene rings is 2. The monoisotopic (exact) mass is 279 g/mol. The molecule has 0 aliphatic carbocycles. The maximum absolute atomic E-state index is 9.38. The third-order valence-corrected chi connectivity index (χ3v) is 3.42. The standard InChI is InChI=1S/C16H10ClN3/c17-11-7-5-10(6-8-11)15-12-3-1-2-4-14(12)20-16(19)13(15)9-18/h1-8H,(H2,19,20). The minimum atomic E-state index is 0.246. The van der Waals surface area contributed by atoms with Crippen molar-refractivity contribution in [2.75, 3.05) is 5.73 Å². The molecule has 0 saturated carbocycles. The number of para-hydroxylation sites is 1. The van der Waals surface area contributed by atoms with Crippen molar-refractivity contribution in [2.24, 2.45) is 0 Å². The van der Waals surface area contributed by atoms with Gasteiger partial charge in [-0.05, 0) is 23.8 Å².